The van der Waals surface area contributed by atoms with E-state index in [0.717, 1.165) is 35.7 Å². The minimum atomic E-state index is 0. The minimum absolute atomic E-state index is 0. The van der Waals surface area contributed by atoms with Crippen LogP contribution in [0.15, 0.2) is 6.07 Å². The smallest absolute Gasteiger partial charge is 0.267 e. The van der Waals surface area contributed by atoms with Crippen LogP contribution in [0.3, 0.4) is 0 Å². The number of aryl methyl sites for hydroxylation is 1. The molecule has 4 nitrogen and oxygen atoms in total. The van der Waals surface area contributed by atoms with Gasteiger partial charge in [0.2, 0.25) is 0 Å². The van der Waals surface area contributed by atoms with Crippen LogP contribution in [0.5, 0.6) is 5.75 Å². The summed E-state index contributed by atoms with van der Waals surface area (Å²) in [4.78, 5) is 16.2. The number of carbonyl (C=O) groups excluding carboxylic acids is 1. The fourth-order valence-corrected chi connectivity index (χ4v) is 3.28. The van der Waals surface area contributed by atoms with Crippen molar-refractivity contribution in [2.75, 3.05) is 27.2 Å². The largest absolute Gasteiger partial charge is 0.495 e. The van der Waals surface area contributed by atoms with Gasteiger partial charge in [-0.05, 0) is 32.9 Å². The maximum atomic E-state index is 12.5. The van der Waals surface area contributed by atoms with Crippen LogP contribution in [0, 0.1) is 6.92 Å². The van der Waals surface area contributed by atoms with Crippen molar-refractivity contribution in [1.29, 1.82) is 0 Å². The SMILES string of the molecule is CNC1CCCN(C(=O)c2sc(C)cc2OC)C1.Cl. The van der Waals surface area contributed by atoms with E-state index in [0.29, 0.717) is 11.8 Å². The van der Waals surface area contributed by atoms with Crippen LogP contribution in [0.1, 0.15) is 27.4 Å². The minimum Gasteiger partial charge on any atom is -0.495 e. The highest BCUT2D eigenvalue weighted by atomic mass is 35.5. The number of nitrogens with one attached hydrogen (secondary N) is 1. The number of methoxy groups -OCH3 is 1. The molecule has 1 aromatic heterocycles. The first kappa shape index (κ1) is 16.3. The van der Waals surface area contributed by atoms with Gasteiger partial charge in [0.25, 0.3) is 5.91 Å². The Labute approximate surface area is 124 Å². The van der Waals surface area contributed by atoms with E-state index in [2.05, 4.69) is 5.32 Å². The Kier molecular flexibility index (Phi) is 6.10. The fraction of sp³-hybridized carbons (Fsp3) is 0.615. The number of hydrogen-bond donors (Lipinski definition) is 1. The number of hydrogen-bond acceptors (Lipinski definition) is 4. The zero-order chi connectivity index (χ0) is 13.1. The highest BCUT2D eigenvalue weighted by Gasteiger charge is 2.26. The third-order valence-electron chi connectivity index (χ3n) is 3.35. The van der Waals surface area contributed by atoms with E-state index in [-0.39, 0.29) is 18.3 Å². The second-order valence-corrected chi connectivity index (χ2v) is 5.89. The molecular weight excluding hydrogens is 284 g/mol. The molecule has 1 amide bonds. The number of likely N-dealkylation sites (tertiary alicyclic amines) is 1. The van der Waals surface area contributed by atoms with Crippen molar-refractivity contribution in [2.24, 2.45) is 0 Å². The lowest BCUT2D eigenvalue weighted by Crippen LogP contribution is -2.46. The lowest BCUT2D eigenvalue weighted by atomic mass is 10.1. The third-order valence-corrected chi connectivity index (χ3v) is 4.37. The highest BCUT2D eigenvalue weighted by molar-refractivity contribution is 7.14. The molecule has 1 unspecified atom stereocenters. The number of amides is 1. The zero-order valence-electron chi connectivity index (χ0n) is 11.6. The van der Waals surface area contributed by atoms with Gasteiger partial charge in [-0.3, -0.25) is 4.79 Å². The number of likely N-dealkylation sites (N-methyl/N-ethyl adjacent to an activating group) is 1. The number of ether oxygens (including phenoxy) is 1. The Balaban J connectivity index is 0.00000180. The van der Waals surface area contributed by atoms with E-state index < -0.39 is 0 Å². The van der Waals surface area contributed by atoms with E-state index in [1.54, 1.807) is 7.11 Å². The summed E-state index contributed by atoms with van der Waals surface area (Å²) >= 11 is 1.51. The van der Waals surface area contributed by atoms with Crippen molar-refractivity contribution >= 4 is 29.7 Å². The standard InChI is InChI=1S/C13H20N2O2S.ClH/c1-9-7-11(17-3)12(18-9)13(16)15-6-4-5-10(8-15)14-2;/h7,10,14H,4-6,8H2,1-3H3;1H. The van der Waals surface area contributed by atoms with Crippen LogP contribution in [0.4, 0.5) is 0 Å². The number of piperidine rings is 1. The van der Waals surface area contributed by atoms with Crippen molar-refractivity contribution in [3.05, 3.63) is 15.8 Å². The second-order valence-electron chi connectivity index (χ2n) is 4.63. The van der Waals surface area contributed by atoms with Crippen LogP contribution in [-0.2, 0) is 0 Å². The Morgan fingerprint density at radius 2 is 2.32 bits per heavy atom. The van der Waals surface area contributed by atoms with Crippen molar-refractivity contribution in [3.8, 4) is 5.75 Å². The molecule has 1 saturated heterocycles. The lowest BCUT2D eigenvalue weighted by molar-refractivity contribution is 0.0700. The van der Waals surface area contributed by atoms with Gasteiger partial charge in [0, 0.05) is 24.0 Å². The Morgan fingerprint density at radius 1 is 1.58 bits per heavy atom. The Bertz CT molecular complexity index is 436. The van der Waals surface area contributed by atoms with Gasteiger partial charge < -0.3 is 15.0 Å². The molecule has 0 saturated carbocycles. The molecular formula is C13H21ClN2O2S. The third kappa shape index (κ3) is 3.61. The summed E-state index contributed by atoms with van der Waals surface area (Å²) in [6, 6.07) is 2.34. The highest BCUT2D eigenvalue weighted by Crippen LogP contribution is 2.30. The predicted molar refractivity (Wildman–Crippen MR) is 80.8 cm³/mol. The summed E-state index contributed by atoms with van der Waals surface area (Å²) in [5, 5.41) is 3.25. The monoisotopic (exact) mass is 304 g/mol. The molecule has 0 spiro atoms. The maximum absolute atomic E-state index is 12.5. The van der Waals surface area contributed by atoms with Crippen LogP contribution >= 0.6 is 23.7 Å². The molecule has 19 heavy (non-hydrogen) atoms. The molecule has 1 fully saturated rings. The zero-order valence-corrected chi connectivity index (χ0v) is 13.2. The molecule has 0 radical (unpaired) electrons. The van der Waals surface area contributed by atoms with Gasteiger partial charge in [-0.15, -0.1) is 23.7 Å². The van der Waals surface area contributed by atoms with E-state index >= 15 is 0 Å². The molecule has 2 rings (SSSR count). The predicted octanol–water partition coefficient (Wildman–Crippen LogP) is 2.31. The van der Waals surface area contributed by atoms with Crippen molar-refractivity contribution in [3.63, 3.8) is 0 Å². The van der Waals surface area contributed by atoms with E-state index in [9.17, 15) is 4.79 Å². The molecule has 1 aliphatic heterocycles. The van der Waals surface area contributed by atoms with Crippen LogP contribution in [-0.4, -0.2) is 44.1 Å². The van der Waals surface area contributed by atoms with Gasteiger partial charge in [-0.25, -0.2) is 0 Å². The topological polar surface area (TPSA) is 41.6 Å². The molecule has 1 N–H and O–H groups in total. The summed E-state index contributed by atoms with van der Waals surface area (Å²) in [5.74, 6) is 0.805. The summed E-state index contributed by atoms with van der Waals surface area (Å²) in [7, 11) is 3.57. The van der Waals surface area contributed by atoms with E-state index in [1.807, 2.05) is 24.9 Å². The molecule has 0 bridgehead atoms. The van der Waals surface area contributed by atoms with Gasteiger partial charge >= 0.3 is 0 Å². The summed E-state index contributed by atoms with van der Waals surface area (Å²) < 4.78 is 5.28. The molecule has 1 aliphatic rings. The average molecular weight is 305 g/mol. The fourth-order valence-electron chi connectivity index (χ4n) is 2.33. The van der Waals surface area contributed by atoms with Crippen molar-refractivity contribution < 1.29 is 9.53 Å². The number of nitrogens with zero attached hydrogens (tertiary/aromatic N) is 1. The Morgan fingerprint density at radius 3 is 2.95 bits per heavy atom. The lowest BCUT2D eigenvalue weighted by Gasteiger charge is -2.32. The average Bonchev–Trinajstić information content (AvgIpc) is 2.79. The summed E-state index contributed by atoms with van der Waals surface area (Å²) in [6.07, 6.45) is 2.20. The molecule has 6 heteroatoms. The van der Waals surface area contributed by atoms with Crippen LogP contribution < -0.4 is 10.1 Å². The first-order valence-corrected chi connectivity index (χ1v) is 7.08. The van der Waals surface area contributed by atoms with E-state index in [4.69, 9.17) is 4.74 Å². The van der Waals surface area contributed by atoms with Gasteiger partial charge in [0.1, 0.15) is 10.6 Å². The summed E-state index contributed by atoms with van der Waals surface area (Å²) in [6.45, 7) is 3.63. The van der Waals surface area contributed by atoms with Gasteiger partial charge in [-0.1, -0.05) is 0 Å². The molecule has 108 valence electrons. The molecule has 2 heterocycles. The van der Waals surface area contributed by atoms with Crippen LogP contribution in [0.25, 0.3) is 0 Å². The summed E-state index contributed by atoms with van der Waals surface area (Å²) in [5.41, 5.74) is 0. The molecule has 0 aromatic carbocycles. The van der Waals surface area contributed by atoms with Gasteiger partial charge in [0.05, 0.1) is 7.11 Å². The molecule has 1 atom stereocenters. The van der Waals surface area contributed by atoms with E-state index in [1.165, 1.54) is 11.3 Å². The van der Waals surface area contributed by atoms with Gasteiger partial charge in [0.15, 0.2) is 0 Å². The first-order valence-electron chi connectivity index (χ1n) is 6.26. The maximum Gasteiger partial charge on any atom is 0.267 e. The first-order chi connectivity index (χ1) is 8.65. The molecule has 0 aliphatic carbocycles. The van der Waals surface area contributed by atoms with Gasteiger partial charge in [-0.2, -0.15) is 0 Å². The number of thiophene rings is 1. The van der Waals surface area contributed by atoms with Crippen molar-refractivity contribution in [2.45, 2.75) is 25.8 Å². The number of carbonyl (C=O) groups is 1. The number of rotatable bonds is 3. The normalized spacial score (nSPS) is 18.9. The van der Waals surface area contributed by atoms with Crippen molar-refractivity contribution in [1.82, 2.24) is 10.2 Å². The van der Waals surface area contributed by atoms with Crippen LogP contribution in [0.2, 0.25) is 0 Å². The Hall–Kier alpha value is -0.780. The second kappa shape index (κ2) is 7.12. The number of halogens is 1. The molecule has 1 aromatic rings. The quantitative estimate of drug-likeness (QED) is 0.932.